The number of carbonyl (C=O) groups excluding carboxylic acids is 1. The number of esters is 1. The van der Waals surface area contributed by atoms with Crippen molar-refractivity contribution in [3.05, 3.63) is 45.0 Å². The van der Waals surface area contributed by atoms with E-state index < -0.39 is 0 Å². The minimum Gasteiger partial charge on any atom is -0.462 e. The Morgan fingerprint density at radius 3 is 3.00 bits per heavy atom. The second-order valence-corrected chi connectivity index (χ2v) is 6.46. The van der Waals surface area contributed by atoms with Crippen LogP contribution in [0.1, 0.15) is 33.0 Å². The highest BCUT2D eigenvalue weighted by atomic mass is 32.1. The molecule has 0 radical (unpaired) electrons. The maximum atomic E-state index is 11.8. The van der Waals surface area contributed by atoms with Crippen LogP contribution in [0.5, 0.6) is 0 Å². The second-order valence-electron chi connectivity index (χ2n) is 4.58. The van der Waals surface area contributed by atoms with Crippen LogP contribution in [0.15, 0.2) is 28.2 Å². The molecular formula is C16H14N2O3S2. The van der Waals surface area contributed by atoms with Crippen molar-refractivity contribution >= 4 is 40.8 Å². The monoisotopic (exact) mass is 346 g/mol. The van der Waals surface area contributed by atoms with Gasteiger partial charge in [-0.05, 0) is 38.1 Å². The maximum Gasteiger partial charge on any atom is 0.350 e. The van der Waals surface area contributed by atoms with Gasteiger partial charge in [0.2, 0.25) is 0 Å². The first-order valence-corrected chi connectivity index (χ1v) is 8.69. The van der Waals surface area contributed by atoms with E-state index in [1.165, 1.54) is 22.7 Å². The number of carbonyl (C=O) groups is 1. The van der Waals surface area contributed by atoms with Crippen molar-refractivity contribution in [1.29, 1.82) is 0 Å². The first kappa shape index (κ1) is 15.6. The lowest BCUT2D eigenvalue weighted by Gasteiger charge is -1.97. The summed E-state index contributed by atoms with van der Waals surface area (Å²) in [5.41, 5.74) is 1.51. The molecule has 0 aliphatic carbocycles. The smallest absolute Gasteiger partial charge is 0.350 e. The molecule has 0 spiro atoms. The minimum absolute atomic E-state index is 0.323. The highest BCUT2D eigenvalue weighted by Gasteiger charge is 2.15. The highest BCUT2D eigenvalue weighted by Crippen LogP contribution is 2.25. The SMILES string of the molecule is CCOC(=O)c1sc(/C=C/c2csc(-c3ccco3)n2)nc1C. The van der Waals surface area contributed by atoms with Crippen LogP contribution in [-0.2, 0) is 4.74 Å². The lowest BCUT2D eigenvalue weighted by atomic mass is 10.4. The molecular weight excluding hydrogens is 332 g/mol. The zero-order valence-electron chi connectivity index (χ0n) is 12.6. The van der Waals surface area contributed by atoms with Crippen molar-refractivity contribution in [3.8, 4) is 10.8 Å². The van der Waals surface area contributed by atoms with Gasteiger partial charge in [0, 0.05) is 5.38 Å². The van der Waals surface area contributed by atoms with Gasteiger partial charge in [-0.15, -0.1) is 22.7 Å². The summed E-state index contributed by atoms with van der Waals surface area (Å²) in [6.07, 6.45) is 5.35. The second kappa shape index (κ2) is 6.89. The van der Waals surface area contributed by atoms with Crippen molar-refractivity contribution < 1.29 is 13.9 Å². The third-order valence-corrected chi connectivity index (χ3v) is 4.90. The molecule has 5 nitrogen and oxygen atoms in total. The van der Waals surface area contributed by atoms with Crippen LogP contribution in [0, 0.1) is 6.92 Å². The molecule has 0 amide bonds. The van der Waals surface area contributed by atoms with Gasteiger partial charge in [-0.2, -0.15) is 0 Å². The summed E-state index contributed by atoms with van der Waals surface area (Å²) in [5.74, 6) is 0.431. The van der Waals surface area contributed by atoms with E-state index in [9.17, 15) is 4.79 Å². The molecule has 3 aromatic rings. The van der Waals surface area contributed by atoms with Crippen molar-refractivity contribution in [2.75, 3.05) is 6.61 Å². The lowest BCUT2D eigenvalue weighted by Crippen LogP contribution is -2.03. The van der Waals surface area contributed by atoms with Crippen LogP contribution in [0.2, 0.25) is 0 Å². The molecule has 0 fully saturated rings. The van der Waals surface area contributed by atoms with Crippen LogP contribution in [-0.4, -0.2) is 22.5 Å². The number of hydrogen-bond donors (Lipinski definition) is 0. The predicted molar refractivity (Wildman–Crippen MR) is 91.6 cm³/mol. The Labute approximate surface area is 141 Å². The molecule has 7 heteroatoms. The summed E-state index contributed by atoms with van der Waals surface area (Å²) >= 11 is 2.83. The largest absolute Gasteiger partial charge is 0.462 e. The molecule has 0 saturated carbocycles. The van der Waals surface area contributed by atoms with E-state index in [1.54, 1.807) is 20.1 Å². The number of thiazole rings is 2. The molecule has 3 aromatic heterocycles. The van der Waals surface area contributed by atoms with Crippen molar-refractivity contribution in [3.63, 3.8) is 0 Å². The molecule has 0 atom stereocenters. The average molecular weight is 346 g/mol. The molecule has 118 valence electrons. The first-order valence-electron chi connectivity index (χ1n) is 6.99. The predicted octanol–water partition coefficient (Wildman–Crippen LogP) is 4.52. The van der Waals surface area contributed by atoms with E-state index in [1.807, 2.05) is 29.7 Å². The van der Waals surface area contributed by atoms with Crippen LogP contribution < -0.4 is 0 Å². The van der Waals surface area contributed by atoms with E-state index in [0.717, 1.165) is 21.5 Å². The Morgan fingerprint density at radius 1 is 1.39 bits per heavy atom. The maximum absolute atomic E-state index is 11.8. The zero-order valence-corrected chi connectivity index (χ0v) is 14.2. The Hall–Kier alpha value is -2.25. The lowest BCUT2D eigenvalue weighted by molar-refractivity contribution is 0.0531. The van der Waals surface area contributed by atoms with Gasteiger partial charge in [-0.1, -0.05) is 0 Å². The van der Waals surface area contributed by atoms with Gasteiger partial charge in [0.1, 0.15) is 9.88 Å². The summed E-state index contributed by atoms with van der Waals surface area (Å²) in [6, 6.07) is 3.71. The topological polar surface area (TPSA) is 65.2 Å². The van der Waals surface area contributed by atoms with Crippen molar-refractivity contribution in [2.45, 2.75) is 13.8 Å². The molecule has 0 bridgehead atoms. The fourth-order valence-corrected chi connectivity index (χ4v) is 3.52. The number of aromatic nitrogens is 2. The first-order chi connectivity index (χ1) is 11.2. The summed E-state index contributed by atoms with van der Waals surface area (Å²) in [7, 11) is 0. The highest BCUT2D eigenvalue weighted by molar-refractivity contribution is 7.14. The van der Waals surface area contributed by atoms with E-state index in [0.29, 0.717) is 17.2 Å². The van der Waals surface area contributed by atoms with Crippen LogP contribution in [0.3, 0.4) is 0 Å². The molecule has 0 aromatic carbocycles. The van der Waals surface area contributed by atoms with Crippen LogP contribution in [0.25, 0.3) is 22.9 Å². The minimum atomic E-state index is -0.323. The van der Waals surface area contributed by atoms with E-state index in [-0.39, 0.29) is 5.97 Å². The zero-order chi connectivity index (χ0) is 16.2. The summed E-state index contributed by atoms with van der Waals surface area (Å²) in [5, 5.41) is 3.52. The van der Waals surface area contributed by atoms with E-state index >= 15 is 0 Å². The van der Waals surface area contributed by atoms with Crippen molar-refractivity contribution in [2.24, 2.45) is 0 Å². The Kier molecular flexibility index (Phi) is 4.68. The molecule has 23 heavy (non-hydrogen) atoms. The number of aryl methyl sites for hydroxylation is 1. The van der Waals surface area contributed by atoms with Gasteiger partial charge >= 0.3 is 5.97 Å². The molecule has 3 rings (SSSR count). The van der Waals surface area contributed by atoms with Gasteiger partial charge in [-0.3, -0.25) is 0 Å². The normalized spacial score (nSPS) is 11.2. The number of nitrogens with zero attached hydrogens (tertiary/aromatic N) is 2. The fraction of sp³-hybridized carbons (Fsp3) is 0.188. The molecule has 0 saturated heterocycles. The van der Waals surface area contributed by atoms with Gasteiger partial charge in [0.05, 0.1) is 24.3 Å². The van der Waals surface area contributed by atoms with Gasteiger partial charge in [0.25, 0.3) is 0 Å². The third kappa shape index (κ3) is 3.57. The van der Waals surface area contributed by atoms with Gasteiger partial charge in [-0.25, -0.2) is 14.8 Å². The van der Waals surface area contributed by atoms with E-state index in [2.05, 4.69) is 9.97 Å². The van der Waals surface area contributed by atoms with Crippen LogP contribution in [0.4, 0.5) is 0 Å². The van der Waals surface area contributed by atoms with Crippen LogP contribution >= 0.6 is 22.7 Å². The summed E-state index contributed by atoms with van der Waals surface area (Å²) < 4.78 is 10.3. The molecule has 3 heterocycles. The van der Waals surface area contributed by atoms with Gasteiger partial charge < -0.3 is 9.15 Å². The number of ether oxygens (including phenoxy) is 1. The van der Waals surface area contributed by atoms with Gasteiger partial charge in [0.15, 0.2) is 10.8 Å². The Balaban J connectivity index is 1.76. The Morgan fingerprint density at radius 2 is 2.26 bits per heavy atom. The standard InChI is InChI=1S/C16H14N2O3S2/c1-3-20-16(19)14-10(2)17-13(23-14)7-6-11-9-22-15(18-11)12-5-4-8-21-12/h4-9H,3H2,1-2H3/b7-6+. The van der Waals surface area contributed by atoms with Crippen molar-refractivity contribution in [1.82, 2.24) is 9.97 Å². The Bertz CT molecular complexity index is 832. The molecule has 0 unspecified atom stereocenters. The van der Waals surface area contributed by atoms with E-state index in [4.69, 9.17) is 9.15 Å². The third-order valence-electron chi connectivity index (χ3n) is 2.92. The molecule has 0 aliphatic rings. The fourth-order valence-electron chi connectivity index (χ4n) is 1.91. The molecule has 0 N–H and O–H groups in total. The number of furan rings is 1. The number of hydrogen-bond acceptors (Lipinski definition) is 7. The summed E-state index contributed by atoms with van der Waals surface area (Å²) in [6.45, 7) is 3.95. The molecule has 0 aliphatic heterocycles. The average Bonchev–Trinajstić information content (AvgIpc) is 3.26. The number of rotatable bonds is 5. The summed E-state index contributed by atoms with van der Waals surface area (Å²) in [4.78, 5) is 21.2. The quantitative estimate of drug-likeness (QED) is 0.636.